The number of aryl methyl sites for hydroxylation is 2. The molecule has 0 spiro atoms. The second-order valence-corrected chi connectivity index (χ2v) is 4.85. The van der Waals surface area contributed by atoms with Gasteiger partial charge in [-0.2, -0.15) is 0 Å². The Balaban J connectivity index is 2.27. The van der Waals surface area contributed by atoms with Crippen molar-refractivity contribution in [3.8, 4) is 0 Å². The van der Waals surface area contributed by atoms with Gasteiger partial charge in [-0.05, 0) is 67.8 Å². The van der Waals surface area contributed by atoms with Gasteiger partial charge in [0.2, 0.25) is 0 Å². The highest BCUT2D eigenvalue weighted by atomic mass is 19.1. The van der Waals surface area contributed by atoms with Crippen LogP contribution in [-0.4, -0.2) is 12.0 Å². The number of aromatic nitrogens is 1. The molecule has 3 heteroatoms. The third-order valence-corrected chi connectivity index (χ3v) is 3.52. The van der Waals surface area contributed by atoms with Gasteiger partial charge in [0.15, 0.2) is 0 Å². The summed E-state index contributed by atoms with van der Waals surface area (Å²) in [4.78, 5) is 4.12. The standard InChI is InChI=1S/C16H19FN2/c1-11-8-14(17)5-4-13(11)9-16(18-3)15-6-7-19-10-12(15)2/h4-8,10,16,18H,9H2,1-3H3. The normalized spacial score (nSPS) is 12.4. The smallest absolute Gasteiger partial charge is 0.123 e. The van der Waals surface area contributed by atoms with Crippen LogP contribution in [0.4, 0.5) is 4.39 Å². The number of likely N-dealkylation sites (N-methyl/N-ethyl adjacent to an activating group) is 1. The highest BCUT2D eigenvalue weighted by Crippen LogP contribution is 2.22. The van der Waals surface area contributed by atoms with Crippen molar-refractivity contribution in [2.24, 2.45) is 0 Å². The fraction of sp³-hybridized carbons (Fsp3) is 0.312. The van der Waals surface area contributed by atoms with E-state index in [4.69, 9.17) is 0 Å². The molecule has 0 aliphatic heterocycles. The Labute approximate surface area is 113 Å². The van der Waals surface area contributed by atoms with Gasteiger partial charge >= 0.3 is 0 Å². The molecule has 1 N–H and O–H groups in total. The van der Waals surface area contributed by atoms with Gasteiger partial charge in [0.1, 0.15) is 5.82 Å². The van der Waals surface area contributed by atoms with E-state index in [2.05, 4.69) is 17.2 Å². The first-order valence-electron chi connectivity index (χ1n) is 6.44. The van der Waals surface area contributed by atoms with Crippen LogP contribution in [0, 0.1) is 19.7 Å². The maximum atomic E-state index is 13.1. The average Bonchev–Trinajstić information content (AvgIpc) is 2.39. The summed E-state index contributed by atoms with van der Waals surface area (Å²) in [7, 11) is 1.95. The lowest BCUT2D eigenvalue weighted by molar-refractivity contribution is 0.583. The first-order valence-corrected chi connectivity index (χ1v) is 6.44. The third kappa shape index (κ3) is 3.18. The van der Waals surface area contributed by atoms with Crippen LogP contribution in [-0.2, 0) is 6.42 Å². The molecule has 19 heavy (non-hydrogen) atoms. The minimum atomic E-state index is -0.178. The summed E-state index contributed by atoms with van der Waals surface area (Å²) < 4.78 is 13.1. The molecule has 100 valence electrons. The molecule has 2 nitrogen and oxygen atoms in total. The number of nitrogens with one attached hydrogen (secondary N) is 1. The summed E-state index contributed by atoms with van der Waals surface area (Å²) >= 11 is 0. The van der Waals surface area contributed by atoms with Gasteiger partial charge in [0.25, 0.3) is 0 Å². The van der Waals surface area contributed by atoms with Crippen molar-refractivity contribution in [2.75, 3.05) is 7.05 Å². The van der Waals surface area contributed by atoms with Gasteiger partial charge in [-0.25, -0.2) is 4.39 Å². The molecule has 2 rings (SSSR count). The number of rotatable bonds is 4. The van der Waals surface area contributed by atoms with E-state index in [0.29, 0.717) is 0 Å². The van der Waals surface area contributed by atoms with E-state index in [1.54, 1.807) is 6.07 Å². The summed E-state index contributed by atoms with van der Waals surface area (Å²) in [5, 5.41) is 3.33. The minimum Gasteiger partial charge on any atom is -0.313 e. The summed E-state index contributed by atoms with van der Waals surface area (Å²) in [6.45, 7) is 4.01. The van der Waals surface area contributed by atoms with Crippen molar-refractivity contribution < 1.29 is 4.39 Å². The van der Waals surface area contributed by atoms with E-state index < -0.39 is 0 Å². The molecule has 1 aromatic heterocycles. The fourth-order valence-corrected chi connectivity index (χ4v) is 2.35. The number of nitrogens with zero attached hydrogens (tertiary/aromatic N) is 1. The van der Waals surface area contributed by atoms with Crippen LogP contribution in [0.25, 0.3) is 0 Å². The van der Waals surface area contributed by atoms with E-state index in [1.165, 1.54) is 17.2 Å². The van der Waals surface area contributed by atoms with Crippen LogP contribution in [0.5, 0.6) is 0 Å². The Morgan fingerprint density at radius 3 is 2.63 bits per heavy atom. The molecular formula is C16H19FN2. The van der Waals surface area contributed by atoms with Crippen LogP contribution in [0.1, 0.15) is 28.3 Å². The summed E-state index contributed by atoms with van der Waals surface area (Å²) in [5.74, 6) is -0.178. The average molecular weight is 258 g/mol. The minimum absolute atomic E-state index is 0.178. The molecule has 0 bridgehead atoms. The zero-order valence-electron chi connectivity index (χ0n) is 11.6. The zero-order valence-corrected chi connectivity index (χ0v) is 11.6. The second-order valence-electron chi connectivity index (χ2n) is 4.85. The molecule has 0 amide bonds. The summed E-state index contributed by atoms with van der Waals surface area (Å²) in [6, 6.07) is 7.23. The Morgan fingerprint density at radius 2 is 2.00 bits per heavy atom. The third-order valence-electron chi connectivity index (χ3n) is 3.52. The van der Waals surface area contributed by atoms with Gasteiger partial charge in [-0.15, -0.1) is 0 Å². The summed E-state index contributed by atoms with van der Waals surface area (Å²) in [6.07, 6.45) is 4.52. The van der Waals surface area contributed by atoms with Crippen molar-refractivity contribution in [1.29, 1.82) is 0 Å². The largest absolute Gasteiger partial charge is 0.313 e. The fourth-order valence-electron chi connectivity index (χ4n) is 2.35. The lowest BCUT2D eigenvalue weighted by Crippen LogP contribution is -2.20. The topological polar surface area (TPSA) is 24.9 Å². The van der Waals surface area contributed by atoms with E-state index in [9.17, 15) is 4.39 Å². The quantitative estimate of drug-likeness (QED) is 0.909. The van der Waals surface area contributed by atoms with Crippen LogP contribution in [0.15, 0.2) is 36.7 Å². The maximum absolute atomic E-state index is 13.1. The van der Waals surface area contributed by atoms with E-state index >= 15 is 0 Å². The molecule has 0 aliphatic carbocycles. The van der Waals surface area contributed by atoms with Crippen LogP contribution in [0.2, 0.25) is 0 Å². The lowest BCUT2D eigenvalue weighted by Gasteiger charge is -2.19. The van der Waals surface area contributed by atoms with Crippen LogP contribution < -0.4 is 5.32 Å². The number of pyridine rings is 1. The molecule has 1 aromatic carbocycles. The SMILES string of the molecule is CNC(Cc1ccc(F)cc1C)c1ccncc1C. The van der Waals surface area contributed by atoms with Gasteiger partial charge in [-0.3, -0.25) is 4.98 Å². The number of hydrogen-bond donors (Lipinski definition) is 1. The lowest BCUT2D eigenvalue weighted by atomic mass is 9.94. The Morgan fingerprint density at radius 1 is 1.21 bits per heavy atom. The van der Waals surface area contributed by atoms with Crippen LogP contribution in [0.3, 0.4) is 0 Å². The molecular weight excluding hydrogens is 239 g/mol. The van der Waals surface area contributed by atoms with Gasteiger partial charge in [-0.1, -0.05) is 6.07 Å². The monoisotopic (exact) mass is 258 g/mol. The van der Waals surface area contributed by atoms with Crippen molar-refractivity contribution in [2.45, 2.75) is 26.3 Å². The first-order chi connectivity index (χ1) is 9.11. The molecule has 0 fully saturated rings. The molecule has 0 saturated heterocycles. The van der Waals surface area contributed by atoms with Crippen molar-refractivity contribution in [1.82, 2.24) is 10.3 Å². The maximum Gasteiger partial charge on any atom is 0.123 e. The van der Waals surface area contributed by atoms with Gasteiger partial charge < -0.3 is 5.32 Å². The Hall–Kier alpha value is -1.74. The molecule has 2 aromatic rings. The summed E-state index contributed by atoms with van der Waals surface area (Å²) in [5.41, 5.74) is 4.56. The number of halogens is 1. The van der Waals surface area contributed by atoms with E-state index in [-0.39, 0.29) is 11.9 Å². The predicted octanol–water partition coefficient (Wildman–Crippen LogP) is 3.34. The van der Waals surface area contributed by atoms with E-state index in [0.717, 1.165) is 17.5 Å². The number of hydrogen-bond acceptors (Lipinski definition) is 2. The van der Waals surface area contributed by atoms with Crippen LogP contribution >= 0.6 is 0 Å². The molecule has 1 atom stereocenters. The second kappa shape index (κ2) is 5.93. The Kier molecular flexibility index (Phi) is 4.27. The molecule has 1 unspecified atom stereocenters. The highest BCUT2D eigenvalue weighted by Gasteiger charge is 2.13. The van der Waals surface area contributed by atoms with Gasteiger partial charge in [0, 0.05) is 18.4 Å². The highest BCUT2D eigenvalue weighted by molar-refractivity contribution is 5.31. The molecule has 0 radical (unpaired) electrons. The molecule has 1 heterocycles. The predicted molar refractivity (Wildman–Crippen MR) is 75.6 cm³/mol. The molecule has 0 saturated carbocycles. The molecule has 0 aliphatic rings. The number of benzene rings is 1. The van der Waals surface area contributed by atoms with Gasteiger partial charge in [0.05, 0.1) is 0 Å². The van der Waals surface area contributed by atoms with E-state index in [1.807, 2.05) is 38.5 Å². The van der Waals surface area contributed by atoms with Crippen molar-refractivity contribution in [3.05, 3.63) is 64.7 Å². The van der Waals surface area contributed by atoms with Crippen molar-refractivity contribution >= 4 is 0 Å². The zero-order chi connectivity index (χ0) is 13.8. The Bertz CT molecular complexity index is 566. The van der Waals surface area contributed by atoms with Crippen molar-refractivity contribution in [3.63, 3.8) is 0 Å². The first kappa shape index (κ1) is 13.7.